The first kappa shape index (κ1) is 6.62. The summed E-state index contributed by atoms with van der Waals surface area (Å²) in [7, 11) is 0. The Morgan fingerprint density at radius 3 is 2.60 bits per heavy atom. The third-order valence-corrected chi connectivity index (χ3v) is 2.52. The molecule has 10 heavy (non-hydrogen) atoms. The number of nitrogens with one attached hydrogen (secondary N) is 1. The van der Waals surface area contributed by atoms with Crippen molar-refractivity contribution in [3.05, 3.63) is 0 Å². The fraction of sp³-hybridized carbons (Fsp3) is 1.00. The first-order valence-electron chi connectivity index (χ1n) is 4.11. The molecule has 58 valence electrons. The van der Waals surface area contributed by atoms with Crippen LogP contribution in [0.1, 0.15) is 19.8 Å². The molecule has 2 heteroatoms. The van der Waals surface area contributed by atoms with E-state index in [1.54, 1.807) is 0 Å². The molecule has 0 aromatic rings. The van der Waals surface area contributed by atoms with E-state index in [1.807, 2.05) is 0 Å². The van der Waals surface area contributed by atoms with Gasteiger partial charge in [-0.2, -0.15) is 0 Å². The summed E-state index contributed by atoms with van der Waals surface area (Å²) in [6.07, 6.45) is 3.26. The lowest BCUT2D eigenvalue weighted by Crippen LogP contribution is -2.49. The van der Waals surface area contributed by atoms with Gasteiger partial charge in [-0.3, -0.25) is 0 Å². The largest absolute Gasteiger partial charge is 0.375 e. The number of hydrogen-bond acceptors (Lipinski definition) is 2. The van der Waals surface area contributed by atoms with Crippen LogP contribution >= 0.6 is 0 Å². The predicted octanol–water partition coefficient (Wildman–Crippen LogP) is 0.775. The molecule has 1 aliphatic carbocycles. The van der Waals surface area contributed by atoms with E-state index in [-0.39, 0.29) is 0 Å². The number of rotatable bonds is 3. The Morgan fingerprint density at radius 1 is 1.50 bits per heavy atom. The standard InChI is InChI=1S/C8H15NO/c1-8(2-3-8)6-10-7-4-9-5-7/h7,9H,2-6H2,1H3. The van der Waals surface area contributed by atoms with Crippen molar-refractivity contribution in [1.29, 1.82) is 0 Å². The zero-order valence-electron chi connectivity index (χ0n) is 6.52. The molecule has 0 atom stereocenters. The normalized spacial score (nSPS) is 29.7. The molecule has 0 spiro atoms. The van der Waals surface area contributed by atoms with Crippen LogP contribution < -0.4 is 5.32 Å². The minimum Gasteiger partial charge on any atom is -0.375 e. The lowest BCUT2D eigenvalue weighted by atomic mass is 10.1. The van der Waals surface area contributed by atoms with Crippen molar-refractivity contribution in [3.63, 3.8) is 0 Å². The summed E-state index contributed by atoms with van der Waals surface area (Å²) in [4.78, 5) is 0. The molecule has 0 aromatic heterocycles. The topological polar surface area (TPSA) is 21.3 Å². The highest BCUT2D eigenvalue weighted by molar-refractivity contribution is 4.89. The van der Waals surface area contributed by atoms with Crippen LogP contribution in [0.5, 0.6) is 0 Å². The molecule has 0 amide bonds. The Bertz CT molecular complexity index is 127. The fourth-order valence-corrected chi connectivity index (χ4v) is 1.06. The maximum absolute atomic E-state index is 5.64. The zero-order valence-corrected chi connectivity index (χ0v) is 6.52. The molecule has 1 N–H and O–H groups in total. The molecule has 0 radical (unpaired) electrons. The summed E-state index contributed by atoms with van der Waals surface area (Å²) in [6.45, 7) is 5.42. The van der Waals surface area contributed by atoms with E-state index in [1.165, 1.54) is 12.8 Å². The van der Waals surface area contributed by atoms with E-state index in [0.29, 0.717) is 11.5 Å². The molecule has 1 heterocycles. The molecule has 0 bridgehead atoms. The van der Waals surface area contributed by atoms with Crippen molar-refractivity contribution in [2.75, 3.05) is 19.7 Å². The first-order chi connectivity index (χ1) is 4.79. The van der Waals surface area contributed by atoms with Gasteiger partial charge in [-0.25, -0.2) is 0 Å². The van der Waals surface area contributed by atoms with Crippen LogP contribution in [0.15, 0.2) is 0 Å². The van der Waals surface area contributed by atoms with Crippen LogP contribution in [-0.4, -0.2) is 25.8 Å². The molecule has 1 aliphatic heterocycles. The second-order valence-electron chi connectivity index (χ2n) is 3.90. The highest BCUT2D eigenvalue weighted by Crippen LogP contribution is 2.45. The quantitative estimate of drug-likeness (QED) is 0.627. The lowest BCUT2D eigenvalue weighted by Gasteiger charge is -2.28. The van der Waals surface area contributed by atoms with E-state index in [9.17, 15) is 0 Å². The van der Waals surface area contributed by atoms with Gasteiger partial charge in [-0.15, -0.1) is 0 Å². The smallest absolute Gasteiger partial charge is 0.0823 e. The summed E-state index contributed by atoms with van der Waals surface area (Å²) < 4.78 is 5.64. The van der Waals surface area contributed by atoms with Gasteiger partial charge >= 0.3 is 0 Å². The Morgan fingerprint density at radius 2 is 2.20 bits per heavy atom. The van der Waals surface area contributed by atoms with Gasteiger partial charge in [0.2, 0.25) is 0 Å². The average molecular weight is 141 g/mol. The maximum Gasteiger partial charge on any atom is 0.0823 e. The SMILES string of the molecule is CC1(COC2CNC2)CC1. The summed E-state index contributed by atoms with van der Waals surface area (Å²) >= 11 is 0. The Kier molecular flexibility index (Phi) is 1.46. The van der Waals surface area contributed by atoms with Crippen molar-refractivity contribution < 1.29 is 4.74 Å². The van der Waals surface area contributed by atoms with Crippen molar-refractivity contribution in [3.8, 4) is 0 Å². The summed E-state index contributed by atoms with van der Waals surface area (Å²) in [5.41, 5.74) is 0.565. The molecular formula is C8H15NO. The van der Waals surface area contributed by atoms with Crippen molar-refractivity contribution in [1.82, 2.24) is 5.32 Å². The predicted molar refractivity (Wildman–Crippen MR) is 40.0 cm³/mol. The third-order valence-electron chi connectivity index (χ3n) is 2.52. The number of hydrogen-bond donors (Lipinski definition) is 1. The van der Waals surface area contributed by atoms with Crippen LogP contribution in [0.3, 0.4) is 0 Å². The minimum absolute atomic E-state index is 0.525. The summed E-state index contributed by atoms with van der Waals surface area (Å²) in [5, 5.41) is 3.19. The van der Waals surface area contributed by atoms with E-state index in [0.717, 1.165) is 19.7 Å². The maximum atomic E-state index is 5.64. The van der Waals surface area contributed by atoms with E-state index >= 15 is 0 Å². The lowest BCUT2D eigenvalue weighted by molar-refractivity contribution is -0.00302. The Labute approximate surface area is 61.9 Å². The second-order valence-corrected chi connectivity index (χ2v) is 3.90. The molecule has 0 unspecified atom stereocenters. The van der Waals surface area contributed by atoms with Crippen molar-refractivity contribution >= 4 is 0 Å². The van der Waals surface area contributed by atoms with Crippen molar-refractivity contribution in [2.24, 2.45) is 5.41 Å². The van der Waals surface area contributed by atoms with E-state index < -0.39 is 0 Å². The molecule has 1 saturated heterocycles. The zero-order chi connectivity index (χ0) is 7.03. The van der Waals surface area contributed by atoms with Crippen LogP contribution in [0.4, 0.5) is 0 Å². The minimum atomic E-state index is 0.525. The first-order valence-corrected chi connectivity index (χ1v) is 4.11. The van der Waals surface area contributed by atoms with Crippen LogP contribution in [0, 0.1) is 5.41 Å². The fourth-order valence-electron chi connectivity index (χ4n) is 1.06. The average Bonchev–Trinajstić information content (AvgIpc) is 2.44. The van der Waals surface area contributed by atoms with Gasteiger partial charge in [-0.1, -0.05) is 6.92 Å². The van der Waals surface area contributed by atoms with Gasteiger partial charge in [0.15, 0.2) is 0 Å². The molecule has 2 nitrogen and oxygen atoms in total. The second kappa shape index (κ2) is 2.21. The molecule has 2 aliphatic rings. The summed E-state index contributed by atoms with van der Waals surface area (Å²) in [5.74, 6) is 0. The van der Waals surface area contributed by atoms with Gasteiger partial charge < -0.3 is 10.1 Å². The van der Waals surface area contributed by atoms with Gasteiger partial charge in [0.1, 0.15) is 0 Å². The molecule has 2 fully saturated rings. The van der Waals surface area contributed by atoms with Gasteiger partial charge in [0.25, 0.3) is 0 Å². The highest BCUT2D eigenvalue weighted by Gasteiger charge is 2.38. The molecular weight excluding hydrogens is 126 g/mol. The van der Waals surface area contributed by atoms with Crippen LogP contribution in [0.25, 0.3) is 0 Å². The van der Waals surface area contributed by atoms with E-state index in [2.05, 4.69) is 12.2 Å². The third kappa shape index (κ3) is 1.32. The molecule has 0 aromatic carbocycles. The van der Waals surface area contributed by atoms with E-state index in [4.69, 9.17) is 4.74 Å². The Balaban J connectivity index is 1.63. The Hall–Kier alpha value is -0.0800. The highest BCUT2D eigenvalue weighted by atomic mass is 16.5. The van der Waals surface area contributed by atoms with Crippen molar-refractivity contribution in [2.45, 2.75) is 25.9 Å². The monoisotopic (exact) mass is 141 g/mol. The summed E-state index contributed by atoms with van der Waals surface area (Å²) in [6, 6.07) is 0. The number of ether oxygens (including phenoxy) is 1. The molecule has 1 saturated carbocycles. The van der Waals surface area contributed by atoms with Crippen LogP contribution in [-0.2, 0) is 4.74 Å². The molecule has 2 rings (SSSR count). The van der Waals surface area contributed by atoms with Gasteiger partial charge in [0.05, 0.1) is 12.7 Å². The van der Waals surface area contributed by atoms with Gasteiger partial charge in [0, 0.05) is 13.1 Å². The van der Waals surface area contributed by atoms with Crippen LogP contribution in [0.2, 0.25) is 0 Å². The van der Waals surface area contributed by atoms with Gasteiger partial charge in [-0.05, 0) is 18.3 Å².